The maximum atomic E-state index is 12.3. The topological polar surface area (TPSA) is 92.3 Å². The van der Waals surface area contributed by atoms with Gasteiger partial charge in [0.15, 0.2) is 5.16 Å². The minimum absolute atomic E-state index is 0.248. The zero-order chi connectivity index (χ0) is 14.3. The number of carbonyl (C=O) groups excluding carboxylic acids is 3. The van der Waals surface area contributed by atoms with Crippen molar-refractivity contribution >= 4 is 29.5 Å². The van der Waals surface area contributed by atoms with E-state index < -0.39 is 11.9 Å². The molecule has 3 rings (SSSR count). The van der Waals surface area contributed by atoms with E-state index in [-0.39, 0.29) is 24.8 Å². The monoisotopic (exact) mass is 292 g/mol. The Morgan fingerprint density at radius 1 is 1.40 bits per heavy atom. The molecular formula is C12H12N4O3S. The summed E-state index contributed by atoms with van der Waals surface area (Å²) in [5, 5.41) is 2.86. The molecular weight excluding hydrogens is 280 g/mol. The van der Waals surface area contributed by atoms with Crippen LogP contribution in [0.5, 0.6) is 0 Å². The number of imide groups is 1. The van der Waals surface area contributed by atoms with Crippen molar-refractivity contribution in [3.05, 3.63) is 17.5 Å². The van der Waals surface area contributed by atoms with Crippen LogP contribution in [0.2, 0.25) is 0 Å². The van der Waals surface area contributed by atoms with Crippen molar-refractivity contribution in [2.45, 2.75) is 30.6 Å². The standard InChI is InChI=1S/C12H12N4O3S/c1-20-12-13-4-6-7(14-12)5-16(11(6)19)8-2-3-9(17)15-10(8)18/h4,8H,2-3,5H2,1H3,(H,15,17,18). The zero-order valence-corrected chi connectivity index (χ0v) is 11.6. The van der Waals surface area contributed by atoms with Gasteiger partial charge in [0.2, 0.25) is 11.8 Å². The largest absolute Gasteiger partial charge is 0.321 e. The predicted molar refractivity (Wildman–Crippen MR) is 69.9 cm³/mol. The average molecular weight is 292 g/mol. The molecule has 3 heterocycles. The molecule has 0 radical (unpaired) electrons. The van der Waals surface area contributed by atoms with Crippen LogP contribution in [0.25, 0.3) is 0 Å². The minimum atomic E-state index is -0.605. The van der Waals surface area contributed by atoms with Gasteiger partial charge in [-0.05, 0) is 12.7 Å². The summed E-state index contributed by atoms with van der Waals surface area (Å²) < 4.78 is 0. The van der Waals surface area contributed by atoms with Gasteiger partial charge in [-0.3, -0.25) is 19.7 Å². The third-order valence-electron chi connectivity index (χ3n) is 3.43. The van der Waals surface area contributed by atoms with Gasteiger partial charge < -0.3 is 4.90 Å². The zero-order valence-electron chi connectivity index (χ0n) is 10.8. The molecule has 1 aromatic heterocycles. The fourth-order valence-corrected chi connectivity index (χ4v) is 2.78. The van der Waals surface area contributed by atoms with Crippen LogP contribution in [-0.2, 0) is 16.1 Å². The fourth-order valence-electron chi connectivity index (χ4n) is 2.42. The molecule has 0 spiro atoms. The van der Waals surface area contributed by atoms with Crippen LogP contribution in [0, 0.1) is 0 Å². The summed E-state index contributed by atoms with van der Waals surface area (Å²) in [4.78, 5) is 45.1. The van der Waals surface area contributed by atoms with Crippen molar-refractivity contribution in [3.8, 4) is 0 Å². The highest BCUT2D eigenvalue weighted by molar-refractivity contribution is 7.98. The Bertz CT molecular complexity index is 619. The van der Waals surface area contributed by atoms with Crippen LogP contribution >= 0.6 is 11.8 Å². The first kappa shape index (κ1) is 13.0. The number of rotatable bonds is 2. The number of fused-ring (bicyclic) bond motifs is 1. The van der Waals surface area contributed by atoms with Crippen molar-refractivity contribution in [2.24, 2.45) is 0 Å². The quantitative estimate of drug-likeness (QED) is 0.467. The fraction of sp³-hybridized carbons (Fsp3) is 0.417. The summed E-state index contributed by atoms with van der Waals surface area (Å²) in [6.45, 7) is 0.288. The van der Waals surface area contributed by atoms with Crippen molar-refractivity contribution in [3.63, 3.8) is 0 Å². The third-order valence-corrected chi connectivity index (χ3v) is 3.99. The number of piperidine rings is 1. The lowest BCUT2D eigenvalue weighted by Crippen LogP contribution is -2.52. The minimum Gasteiger partial charge on any atom is -0.321 e. The molecule has 0 bridgehead atoms. The molecule has 2 aliphatic rings. The average Bonchev–Trinajstić information content (AvgIpc) is 2.75. The first-order valence-electron chi connectivity index (χ1n) is 6.14. The number of aromatic nitrogens is 2. The Balaban J connectivity index is 1.86. The van der Waals surface area contributed by atoms with Gasteiger partial charge in [-0.15, -0.1) is 0 Å². The first-order chi connectivity index (χ1) is 9.60. The maximum absolute atomic E-state index is 12.3. The second-order valence-corrected chi connectivity index (χ2v) is 5.39. The molecule has 104 valence electrons. The number of carbonyl (C=O) groups is 3. The van der Waals surface area contributed by atoms with E-state index in [2.05, 4.69) is 15.3 Å². The highest BCUT2D eigenvalue weighted by atomic mass is 32.2. The molecule has 2 aliphatic heterocycles. The van der Waals surface area contributed by atoms with E-state index in [1.54, 1.807) is 0 Å². The molecule has 1 N–H and O–H groups in total. The van der Waals surface area contributed by atoms with Crippen molar-refractivity contribution in [2.75, 3.05) is 6.26 Å². The van der Waals surface area contributed by atoms with Gasteiger partial charge in [0.25, 0.3) is 5.91 Å². The molecule has 1 atom stereocenters. The lowest BCUT2D eigenvalue weighted by molar-refractivity contribution is -0.136. The van der Waals surface area contributed by atoms with Gasteiger partial charge in [-0.25, -0.2) is 9.97 Å². The normalized spacial score (nSPS) is 21.9. The van der Waals surface area contributed by atoms with E-state index in [1.807, 2.05) is 6.26 Å². The van der Waals surface area contributed by atoms with Crippen molar-refractivity contribution < 1.29 is 14.4 Å². The Kier molecular flexibility index (Phi) is 3.17. The highest BCUT2D eigenvalue weighted by Gasteiger charge is 2.39. The van der Waals surface area contributed by atoms with Crippen molar-refractivity contribution in [1.82, 2.24) is 20.2 Å². The van der Waals surface area contributed by atoms with Crippen LogP contribution < -0.4 is 5.32 Å². The summed E-state index contributed by atoms with van der Waals surface area (Å²) >= 11 is 1.40. The SMILES string of the molecule is CSc1ncc2c(n1)CN(C1CCC(=O)NC1=O)C2=O. The van der Waals surface area contributed by atoms with E-state index in [0.29, 0.717) is 22.8 Å². The van der Waals surface area contributed by atoms with E-state index in [1.165, 1.54) is 22.9 Å². The molecule has 8 heteroatoms. The van der Waals surface area contributed by atoms with E-state index in [4.69, 9.17) is 0 Å². The van der Waals surface area contributed by atoms with Gasteiger partial charge in [0, 0.05) is 12.6 Å². The first-order valence-corrected chi connectivity index (χ1v) is 7.37. The third kappa shape index (κ3) is 2.05. The summed E-state index contributed by atoms with van der Waals surface area (Å²) in [6, 6.07) is -0.605. The highest BCUT2D eigenvalue weighted by Crippen LogP contribution is 2.26. The van der Waals surface area contributed by atoms with Gasteiger partial charge in [-0.2, -0.15) is 0 Å². The van der Waals surface area contributed by atoms with Gasteiger partial charge >= 0.3 is 0 Å². The molecule has 20 heavy (non-hydrogen) atoms. The molecule has 1 saturated heterocycles. The maximum Gasteiger partial charge on any atom is 0.258 e. The van der Waals surface area contributed by atoms with E-state index in [9.17, 15) is 14.4 Å². The summed E-state index contributed by atoms with van der Waals surface area (Å²) in [5.41, 5.74) is 1.08. The number of thioether (sulfide) groups is 1. The van der Waals surface area contributed by atoms with Crippen LogP contribution in [0.3, 0.4) is 0 Å². The number of hydrogen-bond acceptors (Lipinski definition) is 6. The lowest BCUT2D eigenvalue weighted by Gasteiger charge is -2.29. The van der Waals surface area contributed by atoms with Crippen LogP contribution in [-0.4, -0.2) is 44.9 Å². The number of nitrogens with one attached hydrogen (secondary N) is 1. The van der Waals surface area contributed by atoms with Gasteiger partial charge in [-0.1, -0.05) is 11.8 Å². The lowest BCUT2D eigenvalue weighted by atomic mass is 10.0. The predicted octanol–water partition coefficient (Wildman–Crippen LogP) is -0.0405. The molecule has 1 fully saturated rings. The second-order valence-electron chi connectivity index (χ2n) is 4.62. The number of hydrogen-bond donors (Lipinski definition) is 1. The molecule has 1 unspecified atom stereocenters. The molecule has 0 aliphatic carbocycles. The second kappa shape index (κ2) is 4.86. The van der Waals surface area contributed by atoms with Crippen LogP contribution in [0.4, 0.5) is 0 Å². The van der Waals surface area contributed by atoms with Gasteiger partial charge in [0.1, 0.15) is 6.04 Å². The molecule has 0 aromatic carbocycles. The smallest absolute Gasteiger partial charge is 0.258 e. The Hall–Kier alpha value is -1.96. The van der Waals surface area contributed by atoms with Crippen LogP contribution in [0.1, 0.15) is 28.9 Å². The van der Waals surface area contributed by atoms with Gasteiger partial charge in [0.05, 0.1) is 17.8 Å². The Morgan fingerprint density at radius 2 is 2.20 bits per heavy atom. The number of nitrogens with zero attached hydrogens (tertiary/aromatic N) is 3. The van der Waals surface area contributed by atoms with Crippen LogP contribution in [0.15, 0.2) is 11.4 Å². The van der Waals surface area contributed by atoms with E-state index >= 15 is 0 Å². The summed E-state index contributed by atoms with van der Waals surface area (Å²) in [5.74, 6) is -0.956. The van der Waals surface area contributed by atoms with Crippen molar-refractivity contribution in [1.29, 1.82) is 0 Å². The van der Waals surface area contributed by atoms with E-state index in [0.717, 1.165) is 0 Å². The molecule has 1 aromatic rings. The Labute approximate surface area is 119 Å². The molecule has 3 amide bonds. The summed E-state index contributed by atoms with van der Waals surface area (Å²) in [6.07, 6.45) is 3.96. The Morgan fingerprint density at radius 3 is 2.90 bits per heavy atom. The molecule has 7 nitrogen and oxygen atoms in total. The number of amides is 3. The summed E-state index contributed by atoms with van der Waals surface area (Å²) in [7, 11) is 0. The molecule has 0 saturated carbocycles.